The van der Waals surface area contributed by atoms with Crippen LogP contribution in [0.4, 0.5) is 0 Å². The van der Waals surface area contributed by atoms with Crippen LogP contribution in [0.3, 0.4) is 0 Å². The number of hydrogen-bond acceptors (Lipinski definition) is 1. The number of unbranched alkanes of at least 4 members (excludes halogenated alkanes) is 3. The molecule has 1 atom stereocenters. The lowest BCUT2D eigenvalue weighted by Gasteiger charge is -2.26. The molecular formula is C17H26O. The molecule has 0 radical (unpaired) electrons. The van der Waals surface area contributed by atoms with E-state index in [1.54, 1.807) is 0 Å². The zero-order valence-corrected chi connectivity index (χ0v) is 11.6. The molecule has 1 N–H and O–H groups in total. The highest BCUT2D eigenvalue weighted by molar-refractivity contribution is 5.28. The quantitative estimate of drug-likeness (QED) is 0.674. The molecule has 100 valence electrons. The number of benzene rings is 1. The normalized spacial score (nSPS) is 17.4. The maximum Gasteiger partial charge on any atom is 0.0790 e. The van der Waals surface area contributed by atoms with Gasteiger partial charge in [0.25, 0.3) is 0 Å². The molecule has 0 heterocycles. The fourth-order valence-electron chi connectivity index (χ4n) is 2.69. The third-order valence-corrected chi connectivity index (χ3v) is 4.20. The highest BCUT2D eigenvalue weighted by atomic mass is 16.3. The zero-order chi connectivity index (χ0) is 12.8. The molecule has 1 aromatic rings. The highest BCUT2D eigenvalue weighted by Crippen LogP contribution is 2.37. The lowest BCUT2D eigenvalue weighted by molar-refractivity contribution is 0.163. The van der Waals surface area contributed by atoms with Gasteiger partial charge in [-0.15, -0.1) is 0 Å². The third-order valence-electron chi connectivity index (χ3n) is 4.20. The fourth-order valence-corrected chi connectivity index (χ4v) is 2.69. The lowest BCUT2D eigenvalue weighted by atomic mass is 9.79. The molecule has 1 fully saturated rings. The number of hydrogen-bond donors (Lipinski definition) is 1. The summed E-state index contributed by atoms with van der Waals surface area (Å²) in [5.74, 6) is 0.761. The van der Waals surface area contributed by atoms with Gasteiger partial charge in [-0.05, 0) is 36.3 Å². The van der Waals surface area contributed by atoms with Crippen molar-refractivity contribution in [3.05, 3.63) is 35.4 Å². The SMILES string of the molecule is CCCCCCC(O)c1cccc(C2CCC2)c1. The second kappa shape index (κ2) is 6.94. The van der Waals surface area contributed by atoms with Crippen LogP contribution >= 0.6 is 0 Å². The largest absolute Gasteiger partial charge is 0.388 e. The molecule has 1 aliphatic carbocycles. The van der Waals surface area contributed by atoms with Crippen molar-refractivity contribution in [1.82, 2.24) is 0 Å². The Balaban J connectivity index is 1.86. The summed E-state index contributed by atoms with van der Waals surface area (Å²) in [7, 11) is 0. The molecule has 1 unspecified atom stereocenters. The van der Waals surface area contributed by atoms with Gasteiger partial charge >= 0.3 is 0 Å². The number of rotatable bonds is 7. The van der Waals surface area contributed by atoms with Crippen molar-refractivity contribution in [2.45, 2.75) is 70.3 Å². The van der Waals surface area contributed by atoms with E-state index in [0.29, 0.717) is 0 Å². The summed E-state index contributed by atoms with van der Waals surface area (Å²) >= 11 is 0. The van der Waals surface area contributed by atoms with E-state index in [2.05, 4.69) is 31.2 Å². The van der Waals surface area contributed by atoms with E-state index in [0.717, 1.165) is 24.3 Å². The van der Waals surface area contributed by atoms with Crippen LogP contribution in [0, 0.1) is 0 Å². The van der Waals surface area contributed by atoms with Crippen LogP contribution in [0.15, 0.2) is 24.3 Å². The van der Waals surface area contributed by atoms with Crippen molar-refractivity contribution >= 4 is 0 Å². The van der Waals surface area contributed by atoms with E-state index in [1.807, 2.05) is 0 Å². The monoisotopic (exact) mass is 246 g/mol. The van der Waals surface area contributed by atoms with Gasteiger partial charge in [-0.25, -0.2) is 0 Å². The molecule has 0 aromatic heterocycles. The van der Waals surface area contributed by atoms with Crippen LogP contribution in [-0.4, -0.2) is 5.11 Å². The van der Waals surface area contributed by atoms with Gasteiger partial charge in [-0.1, -0.05) is 63.3 Å². The predicted molar refractivity (Wildman–Crippen MR) is 76.8 cm³/mol. The average Bonchev–Trinajstić information content (AvgIpc) is 2.33. The minimum atomic E-state index is -0.262. The Morgan fingerprint density at radius 3 is 2.72 bits per heavy atom. The Bertz CT molecular complexity index is 354. The Morgan fingerprint density at radius 2 is 2.06 bits per heavy atom. The van der Waals surface area contributed by atoms with Gasteiger partial charge in [0.15, 0.2) is 0 Å². The van der Waals surface area contributed by atoms with Gasteiger partial charge in [-0.3, -0.25) is 0 Å². The van der Waals surface area contributed by atoms with E-state index < -0.39 is 0 Å². The molecule has 0 aliphatic heterocycles. The summed E-state index contributed by atoms with van der Waals surface area (Å²) in [6.07, 6.45) is 9.61. The van der Waals surface area contributed by atoms with Crippen molar-refractivity contribution in [3.63, 3.8) is 0 Å². The van der Waals surface area contributed by atoms with Crippen LogP contribution in [0.25, 0.3) is 0 Å². The minimum absolute atomic E-state index is 0.262. The molecule has 1 heteroatoms. The van der Waals surface area contributed by atoms with Gasteiger partial charge in [0, 0.05) is 0 Å². The summed E-state index contributed by atoms with van der Waals surface area (Å²) < 4.78 is 0. The van der Waals surface area contributed by atoms with Gasteiger partial charge in [-0.2, -0.15) is 0 Å². The topological polar surface area (TPSA) is 20.2 Å². The molecule has 0 saturated heterocycles. The van der Waals surface area contributed by atoms with E-state index in [4.69, 9.17) is 0 Å². The molecule has 1 saturated carbocycles. The first kappa shape index (κ1) is 13.6. The van der Waals surface area contributed by atoms with E-state index in [9.17, 15) is 5.11 Å². The lowest BCUT2D eigenvalue weighted by Crippen LogP contribution is -2.09. The van der Waals surface area contributed by atoms with Gasteiger partial charge in [0.05, 0.1) is 6.10 Å². The van der Waals surface area contributed by atoms with Crippen molar-refractivity contribution in [2.24, 2.45) is 0 Å². The van der Waals surface area contributed by atoms with Crippen molar-refractivity contribution < 1.29 is 5.11 Å². The standard InChI is InChI=1S/C17H26O/c1-2-3-4-5-12-17(18)16-11-7-10-15(13-16)14-8-6-9-14/h7,10-11,13-14,17-18H,2-6,8-9,12H2,1H3. The van der Waals surface area contributed by atoms with E-state index in [1.165, 1.54) is 44.1 Å². The Labute approximate surface area is 111 Å². The number of aliphatic hydroxyl groups excluding tert-OH is 1. The fraction of sp³-hybridized carbons (Fsp3) is 0.647. The molecule has 1 nitrogen and oxygen atoms in total. The van der Waals surface area contributed by atoms with Crippen LogP contribution in [0.2, 0.25) is 0 Å². The minimum Gasteiger partial charge on any atom is -0.388 e. The van der Waals surface area contributed by atoms with E-state index in [-0.39, 0.29) is 6.10 Å². The van der Waals surface area contributed by atoms with Crippen molar-refractivity contribution in [1.29, 1.82) is 0 Å². The zero-order valence-electron chi connectivity index (χ0n) is 11.6. The summed E-state index contributed by atoms with van der Waals surface area (Å²) in [6, 6.07) is 8.64. The molecule has 0 bridgehead atoms. The summed E-state index contributed by atoms with van der Waals surface area (Å²) in [4.78, 5) is 0. The first-order valence-corrected chi connectivity index (χ1v) is 7.59. The highest BCUT2D eigenvalue weighted by Gasteiger charge is 2.20. The molecule has 0 spiro atoms. The molecule has 2 rings (SSSR count). The van der Waals surface area contributed by atoms with Gasteiger partial charge in [0.2, 0.25) is 0 Å². The third kappa shape index (κ3) is 3.58. The maximum atomic E-state index is 10.2. The van der Waals surface area contributed by atoms with Gasteiger partial charge in [0.1, 0.15) is 0 Å². The van der Waals surface area contributed by atoms with Crippen molar-refractivity contribution in [3.8, 4) is 0 Å². The molecular weight excluding hydrogens is 220 g/mol. The first-order valence-electron chi connectivity index (χ1n) is 7.59. The average molecular weight is 246 g/mol. The van der Waals surface area contributed by atoms with Crippen LogP contribution in [0.1, 0.15) is 81.4 Å². The summed E-state index contributed by atoms with van der Waals surface area (Å²) in [6.45, 7) is 2.22. The van der Waals surface area contributed by atoms with Crippen LogP contribution < -0.4 is 0 Å². The van der Waals surface area contributed by atoms with Crippen LogP contribution in [-0.2, 0) is 0 Å². The number of aliphatic hydroxyl groups is 1. The van der Waals surface area contributed by atoms with Crippen molar-refractivity contribution in [2.75, 3.05) is 0 Å². The van der Waals surface area contributed by atoms with Crippen LogP contribution in [0.5, 0.6) is 0 Å². The predicted octanol–water partition coefficient (Wildman–Crippen LogP) is 4.96. The van der Waals surface area contributed by atoms with E-state index >= 15 is 0 Å². The Morgan fingerprint density at radius 1 is 1.22 bits per heavy atom. The second-order valence-corrected chi connectivity index (χ2v) is 5.66. The second-order valence-electron chi connectivity index (χ2n) is 5.66. The molecule has 1 aromatic carbocycles. The molecule has 18 heavy (non-hydrogen) atoms. The Kier molecular flexibility index (Phi) is 5.25. The van der Waals surface area contributed by atoms with Gasteiger partial charge < -0.3 is 5.11 Å². The smallest absolute Gasteiger partial charge is 0.0790 e. The Hall–Kier alpha value is -0.820. The molecule has 0 amide bonds. The first-order chi connectivity index (χ1) is 8.81. The summed E-state index contributed by atoms with van der Waals surface area (Å²) in [5, 5.41) is 10.2. The molecule has 1 aliphatic rings. The summed E-state index contributed by atoms with van der Waals surface area (Å²) in [5.41, 5.74) is 2.56. The maximum absolute atomic E-state index is 10.2.